The SMILES string of the molecule is CCC[CH2][Sn]([CH2]CCC)([CH2]CCC)[c]1nn(C)c2ccc(C(O[Si](C)C)C(C)(C)C)cc12. The van der Waals surface area contributed by atoms with E-state index in [1.54, 1.807) is 3.71 Å². The summed E-state index contributed by atoms with van der Waals surface area (Å²) >= 11 is -2.63. The Balaban J connectivity index is 2.69. The van der Waals surface area contributed by atoms with Gasteiger partial charge in [-0.05, 0) is 0 Å². The summed E-state index contributed by atoms with van der Waals surface area (Å²) in [5, 5.41) is 6.77. The van der Waals surface area contributed by atoms with Crippen molar-refractivity contribution in [2.24, 2.45) is 12.5 Å². The number of hydrogen-bond acceptors (Lipinski definition) is 2. The Morgan fingerprint density at radius 2 is 1.50 bits per heavy atom. The van der Waals surface area contributed by atoms with Crippen molar-refractivity contribution in [2.45, 2.75) is 113 Å². The van der Waals surface area contributed by atoms with Crippen molar-refractivity contribution < 1.29 is 4.43 Å². The van der Waals surface area contributed by atoms with E-state index in [1.807, 2.05) is 0 Å². The number of benzene rings is 1. The number of aromatic nitrogens is 2. The van der Waals surface area contributed by atoms with Crippen LogP contribution in [0.25, 0.3) is 10.9 Å². The molecule has 2 aromatic rings. The summed E-state index contributed by atoms with van der Waals surface area (Å²) in [5.41, 5.74) is 2.72. The zero-order valence-corrected chi connectivity index (χ0v) is 26.3. The molecule has 0 amide bonds. The first-order chi connectivity index (χ1) is 15.1. The maximum atomic E-state index is 6.57. The van der Waals surface area contributed by atoms with Gasteiger partial charge in [-0.25, -0.2) is 0 Å². The van der Waals surface area contributed by atoms with Gasteiger partial charge in [-0.1, -0.05) is 0 Å². The number of aryl methyl sites for hydroxylation is 1. The molecule has 0 aliphatic rings. The van der Waals surface area contributed by atoms with Crippen LogP contribution in [0.2, 0.25) is 26.4 Å². The summed E-state index contributed by atoms with van der Waals surface area (Å²) in [4.78, 5) is 0. The van der Waals surface area contributed by atoms with Gasteiger partial charge in [0.25, 0.3) is 0 Å². The predicted octanol–water partition coefficient (Wildman–Crippen LogP) is 7.98. The summed E-state index contributed by atoms with van der Waals surface area (Å²) < 4.78 is 14.7. The van der Waals surface area contributed by atoms with Crippen LogP contribution in [0.15, 0.2) is 18.2 Å². The molecule has 0 fully saturated rings. The van der Waals surface area contributed by atoms with E-state index in [-0.39, 0.29) is 11.5 Å². The summed E-state index contributed by atoms with van der Waals surface area (Å²) in [6, 6.07) is 7.10. The van der Waals surface area contributed by atoms with Gasteiger partial charge in [0.15, 0.2) is 0 Å². The molecule has 1 heterocycles. The number of nitrogens with zero attached hydrogens (tertiary/aromatic N) is 2. The summed E-state index contributed by atoms with van der Waals surface area (Å²) in [6.07, 6.45) is 8.13. The normalized spacial score (nSPS) is 13.9. The molecule has 1 aromatic carbocycles. The molecule has 0 bridgehead atoms. The third-order valence-electron chi connectivity index (χ3n) is 6.85. The van der Waals surface area contributed by atoms with E-state index in [2.05, 4.69) is 84.6 Å². The molecule has 0 aliphatic carbocycles. The summed E-state index contributed by atoms with van der Waals surface area (Å²) in [7, 11) is 1.36. The van der Waals surface area contributed by atoms with Crippen molar-refractivity contribution in [3.05, 3.63) is 23.8 Å². The second kappa shape index (κ2) is 12.4. The Labute approximate surface area is 204 Å². The molecule has 0 saturated carbocycles. The Morgan fingerprint density at radius 3 is 1.94 bits per heavy atom. The van der Waals surface area contributed by atoms with Crippen molar-refractivity contribution >= 4 is 42.0 Å². The zero-order chi connectivity index (χ0) is 23.9. The zero-order valence-electron chi connectivity index (χ0n) is 22.5. The minimum atomic E-state index is -2.63. The van der Waals surface area contributed by atoms with E-state index >= 15 is 0 Å². The third kappa shape index (κ3) is 6.85. The first-order valence-corrected chi connectivity index (χ1v) is 22.9. The molecule has 1 radical (unpaired) electrons. The van der Waals surface area contributed by atoms with Crippen molar-refractivity contribution in [1.29, 1.82) is 0 Å². The van der Waals surface area contributed by atoms with E-state index in [4.69, 9.17) is 9.52 Å². The van der Waals surface area contributed by atoms with Crippen LogP contribution in [0.1, 0.15) is 91.7 Å². The van der Waals surface area contributed by atoms with Crippen molar-refractivity contribution in [3.63, 3.8) is 0 Å². The Kier molecular flexibility index (Phi) is 10.8. The quantitative estimate of drug-likeness (QED) is 0.231. The Hall–Kier alpha value is -0.334. The van der Waals surface area contributed by atoms with Gasteiger partial charge < -0.3 is 0 Å². The van der Waals surface area contributed by atoms with Crippen LogP contribution in [0.5, 0.6) is 0 Å². The van der Waals surface area contributed by atoms with Gasteiger partial charge in [-0.3, -0.25) is 0 Å². The van der Waals surface area contributed by atoms with E-state index in [1.165, 1.54) is 68.3 Å². The molecule has 0 N–H and O–H groups in total. The molecular weight excluding hydrogens is 515 g/mol. The number of fused-ring (bicyclic) bond motifs is 1. The number of unbranched alkanes of at least 4 members (excludes halogenated alkanes) is 3. The van der Waals surface area contributed by atoms with Crippen molar-refractivity contribution in [1.82, 2.24) is 9.78 Å². The van der Waals surface area contributed by atoms with Gasteiger partial charge in [0.1, 0.15) is 0 Å². The molecule has 1 atom stereocenters. The fourth-order valence-electron chi connectivity index (χ4n) is 5.09. The van der Waals surface area contributed by atoms with Gasteiger partial charge in [0, 0.05) is 0 Å². The van der Waals surface area contributed by atoms with Gasteiger partial charge in [0.05, 0.1) is 0 Å². The fraction of sp³-hybridized carbons (Fsp3) is 0.741. The molecule has 1 unspecified atom stereocenters. The van der Waals surface area contributed by atoms with E-state index in [0.717, 1.165) is 0 Å². The van der Waals surface area contributed by atoms with Crippen molar-refractivity contribution in [2.75, 3.05) is 0 Å². The van der Waals surface area contributed by atoms with E-state index in [0.29, 0.717) is 0 Å². The van der Waals surface area contributed by atoms with E-state index < -0.39 is 27.4 Å². The average Bonchev–Trinajstić information content (AvgIpc) is 3.07. The summed E-state index contributed by atoms with van der Waals surface area (Å²) in [5.74, 6) is 0. The first kappa shape index (κ1) is 27.9. The summed E-state index contributed by atoms with van der Waals surface area (Å²) in [6.45, 7) is 18.5. The Bertz CT molecular complexity index is 818. The molecule has 2 rings (SSSR count). The number of hydrogen-bond donors (Lipinski definition) is 0. The van der Waals surface area contributed by atoms with Crippen LogP contribution < -0.4 is 3.71 Å². The average molecular weight is 564 g/mol. The molecule has 3 nitrogen and oxygen atoms in total. The van der Waals surface area contributed by atoms with E-state index in [9.17, 15) is 0 Å². The standard InChI is InChI=1S/C15H22N2OSi.3C4H9.Sn/c1-15(2,3)14(18-19(5)6)11-7-8-13-12(9-11)10-16-17(13)4;3*1-3-4-2;/h7-9,14H,1-6H3;3*1,3-4H2,2H3;. The molecule has 0 saturated heterocycles. The van der Waals surface area contributed by atoms with Crippen LogP contribution in [-0.2, 0) is 11.5 Å². The maximum absolute atomic E-state index is 6.57. The van der Waals surface area contributed by atoms with Crippen LogP contribution in [0, 0.1) is 5.41 Å². The second-order valence-electron chi connectivity index (χ2n) is 11.1. The topological polar surface area (TPSA) is 27.1 Å². The van der Waals surface area contributed by atoms with Crippen LogP contribution >= 0.6 is 0 Å². The molecule has 0 spiro atoms. The van der Waals surface area contributed by atoms with Gasteiger partial charge in [-0.15, -0.1) is 0 Å². The minimum absolute atomic E-state index is 0.0744. The Morgan fingerprint density at radius 1 is 0.969 bits per heavy atom. The second-order valence-corrected chi connectivity index (χ2v) is 26.1. The van der Waals surface area contributed by atoms with Gasteiger partial charge in [-0.2, -0.15) is 0 Å². The molecule has 0 aliphatic heterocycles. The molecule has 181 valence electrons. The van der Waals surface area contributed by atoms with Gasteiger partial charge in [0.2, 0.25) is 0 Å². The monoisotopic (exact) mass is 565 g/mol. The molecule has 32 heavy (non-hydrogen) atoms. The van der Waals surface area contributed by atoms with Crippen LogP contribution in [-0.4, -0.2) is 37.2 Å². The molecular formula is C27H49N2OSiSn. The molecule has 1 aromatic heterocycles. The number of rotatable bonds is 13. The predicted molar refractivity (Wildman–Crippen MR) is 146 cm³/mol. The first-order valence-electron chi connectivity index (χ1n) is 13.0. The van der Waals surface area contributed by atoms with Crippen molar-refractivity contribution in [3.8, 4) is 0 Å². The molecule has 5 heteroatoms. The van der Waals surface area contributed by atoms with Crippen LogP contribution in [0.4, 0.5) is 0 Å². The third-order valence-corrected chi connectivity index (χ3v) is 22.7. The van der Waals surface area contributed by atoms with Gasteiger partial charge >= 0.3 is 205 Å². The fourth-order valence-corrected chi connectivity index (χ4v) is 22.3. The van der Waals surface area contributed by atoms with Crippen LogP contribution in [0.3, 0.4) is 0 Å².